The Hall–Kier alpha value is -2.93. The number of fused-ring (bicyclic) bond motifs is 1. The molecule has 32 heavy (non-hydrogen) atoms. The Morgan fingerprint density at radius 1 is 1.12 bits per heavy atom. The lowest BCUT2D eigenvalue weighted by Crippen LogP contribution is -2.37. The molecule has 1 unspecified atom stereocenters. The van der Waals surface area contributed by atoms with Crippen LogP contribution in [0.15, 0.2) is 36.7 Å². The molecule has 7 nitrogen and oxygen atoms in total. The van der Waals surface area contributed by atoms with Crippen LogP contribution >= 0.6 is 0 Å². The summed E-state index contributed by atoms with van der Waals surface area (Å²) in [7, 11) is 0. The normalized spacial score (nSPS) is 14.3. The first kappa shape index (κ1) is 22.3. The standard InChI is InChI=1S/C25H34N6O/c1-4-6-12-30(5-2)25-26-11-10-23(29-25)28-24-15-20-19(18(3)17-32)8-9-22(21(20)16-27-24)31-13-7-14-31/h8-11,15-16,18,32H,4-7,12-14,17H2,1-3H3,(H,26,27,28,29). The Morgan fingerprint density at radius 3 is 2.66 bits per heavy atom. The monoisotopic (exact) mass is 434 g/mol. The summed E-state index contributed by atoms with van der Waals surface area (Å²) in [5.74, 6) is 2.26. The SMILES string of the molecule is CCCCN(CC)c1nccc(Nc2cc3c(C(C)CO)ccc(N4CCC4)c3cn2)n1. The van der Waals surface area contributed by atoms with E-state index < -0.39 is 0 Å². The number of hydrogen-bond donors (Lipinski definition) is 2. The third-order valence-electron chi connectivity index (χ3n) is 6.26. The molecule has 0 amide bonds. The minimum Gasteiger partial charge on any atom is -0.396 e. The number of pyridine rings is 1. The molecule has 1 aliphatic rings. The van der Waals surface area contributed by atoms with Crippen LogP contribution in [-0.2, 0) is 0 Å². The number of nitrogens with zero attached hydrogens (tertiary/aromatic N) is 5. The molecule has 3 heterocycles. The second kappa shape index (κ2) is 10.1. The summed E-state index contributed by atoms with van der Waals surface area (Å²) in [6, 6.07) is 8.27. The molecule has 1 aliphatic heterocycles. The summed E-state index contributed by atoms with van der Waals surface area (Å²) >= 11 is 0. The summed E-state index contributed by atoms with van der Waals surface area (Å²) in [4.78, 5) is 18.5. The second-order valence-corrected chi connectivity index (χ2v) is 8.51. The van der Waals surface area contributed by atoms with Crippen molar-refractivity contribution in [2.75, 3.05) is 47.9 Å². The van der Waals surface area contributed by atoms with Crippen molar-refractivity contribution in [1.29, 1.82) is 0 Å². The minimum atomic E-state index is 0.0560. The average Bonchev–Trinajstić information content (AvgIpc) is 2.78. The van der Waals surface area contributed by atoms with Crippen LogP contribution in [0.2, 0.25) is 0 Å². The van der Waals surface area contributed by atoms with E-state index in [4.69, 9.17) is 9.97 Å². The lowest BCUT2D eigenvalue weighted by molar-refractivity contribution is 0.273. The van der Waals surface area contributed by atoms with Crippen LogP contribution in [0, 0.1) is 0 Å². The van der Waals surface area contributed by atoms with Crippen LogP contribution in [0.1, 0.15) is 51.5 Å². The number of aromatic nitrogens is 3. The van der Waals surface area contributed by atoms with E-state index in [1.54, 1.807) is 6.20 Å². The number of nitrogens with one attached hydrogen (secondary N) is 1. The van der Waals surface area contributed by atoms with Crippen LogP contribution in [0.25, 0.3) is 10.8 Å². The summed E-state index contributed by atoms with van der Waals surface area (Å²) in [5.41, 5.74) is 2.36. The molecular weight excluding hydrogens is 400 g/mol. The Bertz CT molecular complexity index is 1050. The smallest absolute Gasteiger partial charge is 0.227 e. The van der Waals surface area contributed by atoms with E-state index in [0.717, 1.165) is 72.9 Å². The highest BCUT2D eigenvalue weighted by Gasteiger charge is 2.20. The largest absolute Gasteiger partial charge is 0.396 e. The molecule has 4 rings (SSSR count). The van der Waals surface area contributed by atoms with Gasteiger partial charge in [0.1, 0.15) is 11.6 Å². The Morgan fingerprint density at radius 2 is 1.97 bits per heavy atom. The highest BCUT2D eigenvalue weighted by atomic mass is 16.3. The van der Waals surface area contributed by atoms with E-state index >= 15 is 0 Å². The predicted molar refractivity (Wildman–Crippen MR) is 132 cm³/mol. The number of unbranched alkanes of at least 4 members (excludes halogenated alkanes) is 1. The zero-order valence-electron chi connectivity index (χ0n) is 19.4. The van der Waals surface area contributed by atoms with Gasteiger partial charge in [0.15, 0.2) is 0 Å². The fourth-order valence-corrected chi connectivity index (χ4v) is 4.13. The first-order chi connectivity index (χ1) is 15.6. The van der Waals surface area contributed by atoms with Crippen LogP contribution in [0.3, 0.4) is 0 Å². The molecule has 1 atom stereocenters. The van der Waals surface area contributed by atoms with Gasteiger partial charge in [-0.05, 0) is 48.9 Å². The summed E-state index contributed by atoms with van der Waals surface area (Å²) < 4.78 is 0. The van der Waals surface area contributed by atoms with Gasteiger partial charge in [0.2, 0.25) is 5.95 Å². The van der Waals surface area contributed by atoms with Gasteiger partial charge in [0, 0.05) is 62.2 Å². The summed E-state index contributed by atoms with van der Waals surface area (Å²) in [6.45, 7) is 10.5. The van der Waals surface area contributed by atoms with Gasteiger partial charge in [-0.3, -0.25) is 0 Å². The van der Waals surface area contributed by atoms with Gasteiger partial charge in [-0.2, -0.15) is 4.98 Å². The Labute approximate surface area is 190 Å². The third kappa shape index (κ3) is 4.63. The lowest BCUT2D eigenvalue weighted by atomic mass is 9.94. The Kier molecular flexibility index (Phi) is 7.05. The van der Waals surface area contributed by atoms with Crippen molar-refractivity contribution in [2.45, 2.75) is 46.0 Å². The van der Waals surface area contributed by atoms with Gasteiger partial charge in [0.05, 0.1) is 0 Å². The highest BCUT2D eigenvalue weighted by Crippen LogP contribution is 2.35. The molecule has 0 spiro atoms. The third-order valence-corrected chi connectivity index (χ3v) is 6.26. The average molecular weight is 435 g/mol. The molecule has 0 bridgehead atoms. The first-order valence-corrected chi connectivity index (χ1v) is 11.8. The molecule has 2 N–H and O–H groups in total. The van der Waals surface area contributed by atoms with E-state index in [1.165, 1.54) is 12.1 Å². The van der Waals surface area contributed by atoms with Gasteiger partial charge in [-0.1, -0.05) is 26.3 Å². The van der Waals surface area contributed by atoms with E-state index in [1.807, 2.05) is 12.3 Å². The van der Waals surface area contributed by atoms with Crippen molar-refractivity contribution < 1.29 is 5.11 Å². The molecule has 3 aromatic rings. The fraction of sp³-hybridized carbons (Fsp3) is 0.480. The number of benzene rings is 1. The first-order valence-electron chi connectivity index (χ1n) is 11.8. The predicted octanol–water partition coefficient (Wildman–Crippen LogP) is 4.70. The highest BCUT2D eigenvalue weighted by molar-refractivity contribution is 5.98. The van der Waals surface area contributed by atoms with Gasteiger partial charge in [-0.15, -0.1) is 0 Å². The molecule has 1 saturated heterocycles. The number of hydrogen-bond acceptors (Lipinski definition) is 7. The Balaban J connectivity index is 1.66. The topological polar surface area (TPSA) is 77.4 Å². The van der Waals surface area contributed by atoms with E-state index in [0.29, 0.717) is 0 Å². The molecule has 0 radical (unpaired) electrons. The molecule has 0 saturated carbocycles. The minimum absolute atomic E-state index is 0.0560. The molecule has 170 valence electrons. The lowest BCUT2D eigenvalue weighted by Gasteiger charge is -2.34. The van der Waals surface area contributed by atoms with Crippen LogP contribution in [-0.4, -0.2) is 52.8 Å². The maximum absolute atomic E-state index is 9.79. The van der Waals surface area contributed by atoms with Gasteiger partial charge in [0.25, 0.3) is 0 Å². The number of aliphatic hydroxyl groups excluding tert-OH is 1. The van der Waals surface area contributed by atoms with Crippen molar-refractivity contribution in [3.63, 3.8) is 0 Å². The molecule has 7 heteroatoms. The van der Waals surface area contributed by atoms with Crippen molar-refractivity contribution in [3.8, 4) is 0 Å². The zero-order valence-corrected chi connectivity index (χ0v) is 19.4. The molecule has 1 fully saturated rings. The summed E-state index contributed by atoms with van der Waals surface area (Å²) in [5, 5.41) is 15.4. The van der Waals surface area contributed by atoms with E-state index in [9.17, 15) is 5.11 Å². The zero-order chi connectivity index (χ0) is 22.5. The van der Waals surface area contributed by atoms with Crippen LogP contribution in [0.5, 0.6) is 0 Å². The number of anilines is 4. The molecule has 2 aromatic heterocycles. The maximum atomic E-state index is 9.79. The van der Waals surface area contributed by atoms with Gasteiger partial charge >= 0.3 is 0 Å². The number of rotatable bonds is 10. The van der Waals surface area contributed by atoms with Crippen LogP contribution < -0.4 is 15.1 Å². The van der Waals surface area contributed by atoms with Crippen LogP contribution in [0.4, 0.5) is 23.3 Å². The fourth-order valence-electron chi connectivity index (χ4n) is 4.13. The van der Waals surface area contributed by atoms with E-state index in [2.05, 4.69) is 59.1 Å². The summed E-state index contributed by atoms with van der Waals surface area (Å²) in [6.07, 6.45) is 7.23. The molecule has 0 aliphatic carbocycles. The van der Waals surface area contributed by atoms with Crippen molar-refractivity contribution >= 4 is 34.0 Å². The second-order valence-electron chi connectivity index (χ2n) is 8.51. The van der Waals surface area contributed by atoms with Gasteiger partial charge < -0.3 is 20.2 Å². The van der Waals surface area contributed by atoms with Crippen molar-refractivity contribution in [2.24, 2.45) is 0 Å². The molecular formula is C25H34N6O. The van der Waals surface area contributed by atoms with Gasteiger partial charge in [-0.25, -0.2) is 9.97 Å². The maximum Gasteiger partial charge on any atom is 0.227 e. The molecule has 1 aromatic carbocycles. The quantitative estimate of drug-likeness (QED) is 0.479. The number of aliphatic hydroxyl groups is 1. The van der Waals surface area contributed by atoms with Crippen molar-refractivity contribution in [3.05, 3.63) is 42.2 Å². The van der Waals surface area contributed by atoms with E-state index in [-0.39, 0.29) is 12.5 Å². The van der Waals surface area contributed by atoms with Crippen molar-refractivity contribution in [1.82, 2.24) is 15.0 Å².